The van der Waals surface area contributed by atoms with Crippen molar-refractivity contribution in [1.82, 2.24) is 10.2 Å². The number of carbonyl (C=O) groups excluding carboxylic acids is 2. The van der Waals surface area contributed by atoms with Crippen molar-refractivity contribution in [3.05, 3.63) is 46.5 Å². The van der Waals surface area contributed by atoms with Crippen LogP contribution in [0.3, 0.4) is 0 Å². The number of hydrogen-bond acceptors (Lipinski definition) is 10. The van der Waals surface area contributed by atoms with Gasteiger partial charge in [-0.2, -0.15) is 0 Å². The first-order valence-electron chi connectivity index (χ1n) is 11.5. The van der Waals surface area contributed by atoms with Crippen LogP contribution in [0.25, 0.3) is 0 Å². The van der Waals surface area contributed by atoms with Crippen LogP contribution in [-0.4, -0.2) is 94.0 Å². The fourth-order valence-electron chi connectivity index (χ4n) is 3.99. The summed E-state index contributed by atoms with van der Waals surface area (Å²) in [5.74, 6) is -1.70. The van der Waals surface area contributed by atoms with Crippen LogP contribution in [0.15, 0.2) is 24.3 Å². The molecule has 2 aromatic rings. The maximum Gasteiger partial charge on any atom is 0.200 e. The lowest BCUT2D eigenvalue weighted by molar-refractivity contribution is -0.0986. The molecule has 1 aliphatic rings. The van der Waals surface area contributed by atoms with Crippen LogP contribution in [-0.2, 0) is 9.47 Å². The number of likely N-dealkylation sites (N-methyl/N-ethyl adjacent to an activating group) is 1. The van der Waals surface area contributed by atoms with Crippen molar-refractivity contribution in [2.24, 2.45) is 0 Å². The van der Waals surface area contributed by atoms with Gasteiger partial charge in [-0.15, -0.1) is 0 Å². The molecule has 35 heavy (non-hydrogen) atoms. The maximum atomic E-state index is 13.5. The Labute approximate surface area is 205 Å². The Bertz CT molecular complexity index is 1070. The first kappa shape index (κ1) is 26.4. The van der Waals surface area contributed by atoms with Crippen molar-refractivity contribution in [2.75, 3.05) is 71.7 Å². The van der Waals surface area contributed by atoms with E-state index in [-0.39, 0.29) is 40.0 Å². The Morgan fingerprint density at radius 2 is 1.31 bits per heavy atom. The predicted octanol–water partition coefficient (Wildman–Crippen LogP) is 1.86. The van der Waals surface area contributed by atoms with E-state index in [1.807, 2.05) is 19.0 Å². The molecule has 10 nitrogen and oxygen atoms in total. The van der Waals surface area contributed by atoms with Gasteiger partial charge < -0.3 is 40.5 Å². The van der Waals surface area contributed by atoms with Gasteiger partial charge in [0.2, 0.25) is 11.6 Å². The third-order valence-electron chi connectivity index (χ3n) is 5.83. The Morgan fingerprint density at radius 1 is 0.800 bits per heavy atom. The molecule has 3 rings (SSSR count). The first-order chi connectivity index (χ1) is 16.8. The highest BCUT2D eigenvalue weighted by molar-refractivity contribution is 6.33. The summed E-state index contributed by atoms with van der Waals surface area (Å²) >= 11 is 0. The van der Waals surface area contributed by atoms with Crippen LogP contribution >= 0.6 is 0 Å². The van der Waals surface area contributed by atoms with Crippen molar-refractivity contribution < 1.29 is 29.3 Å². The SMILES string of the molecule is COC(CNCCCNc1ccc(NCCN(C)C)c2c1C(=O)c1c(O)ccc(O)c1C2=O)OC. The lowest BCUT2D eigenvalue weighted by atomic mass is 9.81. The van der Waals surface area contributed by atoms with Crippen molar-refractivity contribution in [2.45, 2.75) is 12.7 Å². The van der Waals surface area contributed by atoms with Gasteiger partial charge in [0.15, 0.2) is 6.29 Å². The second-order valence-corrected chi connectivity index (χ2v) is 8.54. The van der Waals surface area contributed by atoms with Crippen LogP contribution in [0, 0.1) is 0 Å². The highest BCUT2D eigenvalue weighted by Crippen LogP contribution is 2.42. The van der Waals surface area contributed by atoms with E-state index < -0.39 is 11.6 Å². The Kier molecular flexibility index (Phi) is 9.05. The molecule has 0 radical (unpaired) electrons. The fraction of sp³-hybridized carbons (Fsp3) is 0.440. The van der Waals surface area contributed by atoms with Crippen molar-refractivity contribution >= 4 is 22.9 Å². The summed E-state index contributed by atoms with van der Waals surface area (Å²) in [5, 5.41) is 30.4. The molecule has 0 heterocycles. The molecule has 10 heteroatoms. The number of ketones is 2. The number of carbonyl (C=O) groups is 2. The highest BCUT2D eigenvalue weighted by atomic mass is 16.7. The molecule has 0 fully saturated rings. The Hall–Kier alpha value is -3.18. The number of aromatic hydroxyl groups is 2. The van der Waals surface area contributed by atoms with Gasteiger partial charge in [0.05, 0.1) is 22.3 Å². The fourth-order valence-corrected chi connectivity index (χ4v) is 3.99. The minimum atomic E-state index is -0.511. The number of anilines is 2. The lowest BCUT2D eigenvalue weighted by Gasteiger charge is -2.25. The van der Waals surface area contributed by atoms with Gasteiger partial charge in [-0.1, -0.05) is 0 Å². The molecule has 5 N–H and O–H groups in total. The summed E-state index contributed by atoms with van der Waals surface area (Å²) in [6.45, 7) is 3.05. The summed E-state index contributed by atoms with van der Waals surface area (Å²) in [4.78, 5) is 29.0. The molecule has 0 unspecified atom stereocenters. The first-order valence-corrected chi connectivity index (χ1v) is 11.5. The van der Waals surface area contributed by atoms with Crippen LogP contribution in [0.5, 0.6) is 11.5 Å². The molecular weight excluding hydrogens is 452 g/mol. The topological polar surface area (TPSA) is 132 Å². The lowest BCUT2D eigenvalue weighted by Crippen LogP contribution is -2.31. The number of fused-ring (bicyclic) bond motifs is 2. The van der Waals surface area contributed by atoms with E-state index in [2.05, 4.69) is 16.0 Å². The number of nitrogens with one attached hydrogen (secondary N) is 3. The predicted molar refractivity (Wildman–Crippen MR) is 134 cm³/mol. The van der Waals surface area contributed by atoms with E-state index in [4.69, 9.17) is 9.47 Å². The number of nitrogens with zero attached hydrogens (tertiary/aromatic N) is 1. The third-order valence-corrected chi connectivity index (χ3v) is 5.83. The van der Waals surface area contributed by atoms with E-state index in [9.17, 15) is 19.8 Å². The molecule has 0 aliphatic heterocycles. The molecule has 0 saturated heterocycles. The van der Waals surface area contributed by atoms with Gasteiger partial charge in [0, 0.05) is 51.8 Å². The van der Waals surface area contributed by atoms with Gasteiger partial charge in [-0.3, -0.25) is 9.59 Å². The van der Waals surface area contributed by atoms with Crippen LogP contribution < -0.4 is 16.0 Å². The Balaban J connectivity index is 1.85. The van der Waals surface area contributed by atoms with E-state index in [1.54, 1.807) is 26.4 Å². The van der Waals surface area contributed by atoms with E-state index >= 15 is 0 Å². The number of rotatable bonds is 13. The van der Waals surface area contributed by atoms with Crippen LogP contribution in [0.4, 0.5) is 11.4 Å². The molecule has 0 bridgehead atoms. The summed E-state index contributed by atoms with van der Waals surface area (Å²) in [6.07, 6.45) is 0.415. The van der Waals surface area contributed by atoms with Gasteiger partial charge in [-0.25, -0.2) is 0 Å². The monoisotopic (exact) mass is 486 g/mol. The molecule has 0 amide bonds. The summed E-state index contributed by atoms with van der Waals surface area (Å²) < 4.78 is 10.3. The molecular formula is C25H34N4O6. The highest BCUT2D eigenvalue weighted by Gasteiger charge is 2.37. The standard InChI is InChI=1S/C25H34N4O6/c1-29(2)13-12-28-16-7-6-15(27-11-5-10-26-14-19(34-3)35-4)20-21(16)25(33)23-18(31)9-8-17(30)22(23)24(20)32/h6-9,19,26-28,30-31H,5,10-14H2,1-4H3. The minimum Gasteiger partial charge on any atom is -0.507 e. The molecule has 190 valence electrons. The molecule has 1 aliphatic carbocycles. The third kappa shape index (κ3) is 5.91. The van der Waals surface area contributed by atoms with E-state index in [0.29, 0.717) is 37.6 Å². The largest absolute Gasteiger partial charge is 0.507 e. The smallest absolute Gasteiger partial charge is 0.200 e. The zero-order valence-corrected chi connectivity index (χ0v) is 20.6. The van der Waals surface area contributed by atoms with Crippen LogP contribution in [0.1, 0.15) is 38.3 Å². The average Bonchev–Trinajstić information content (AvgIpc) is 2.83. The number of hydrogen-bond donors (Lipinski definition) is 5. The summed E-state index contributed by atoms with van der Waals surface area (Å²) in [5.41, 5.74) is 1.02. The number of ether oxygens (including phenoxy) is 2. The number of phenolic OH excluding ortho intramolecular Hbond substituents is 2. The van der Waals surface area contributed by atoms with Gasteiger partial charge in [0.1, 0.15) is 11.5 Å². The molecule has 0 saturated carbocycles. The molecule has 0 atom stereocenters. The summed E-state index contributed by atoms with van der Waals surface area (Å²) in [6, 6.07) is 5.95. The van der Waals surface area contributed by atoms with Gasteiger partial charge in [-0.05, 0) is 51.3 Å². The summed E-state index contributed by atoms with van der Waals surface area (Å²) in [7, 11) is 7.03. The van der Waals surface area contributed by atoms with E-state index in [1.165, 1.54) is 12.1 Å². The normalized spacial score (nSPS) is 12.7. The van der Waals surface area contributed by atoms with Crippen LogP contribution in [0.2, 0.25) is 0 Å². The molecule has 0 spiro atoms. The Morgan fingerprint density at radius 3 is 1.80 bits per heavy atom. The second kappa shape index (κ2) is 12.0. The number of methoxy groups -OCH3 is 2. The zero-order valence-electron chi connectivity index (χ0n) is 20.6. The number of phenols is 2. The molecule has 2 aromatic carbocycles. The van der Waals surface area contributed by atoms with Crippen molar-refractivity contribution in [3.8, 4) is 11.5 Å². The van der Waals surface area contributed by atoms with Crippen molar-refractivity contribution in [1.29, 1.82) is 0 Å². The molecule has 0 aromatic heterocycles. The van der Waals surface area contributed by atoms with Gasteiger partial charge >= 0.3 is 0 Å². The average molecular weight is 487 g/mol. The minimum absolute atomic E-state index is 0.176. The quantitative estimate of drug-likeness (QED) is 0.139. The van der Waals surface area contributed by atoms with Gasteiger partial charge in [0.25, 0.3) is 0 Å². The number of benzene rings is 2. The van der Waals surface area contributed by atoms with E-state index in [0.717, 1.165) is 13.0 Å². The maximum absolute atomic E-state index is 13.5. The van der Waals surface area contributed by atoms with Crippen molar-refractivity contribution in [3.63, 3.8) is 0 Å². The second-order valence-electron chi connectivity index (χ2n) is 8.54. The zero-order chi connectivity index (χ0) is 25.5.